The first-order valence-corrected chi connectivity index (χ1v) is 7.06. The van der Waals surface area contributed by atoms with E-state index in [1.807, 2.05) is 6.20 Å². The van der Waals surface area contributed by atoms with E-state index in [1.54, 1.807) is 0 Å². The van der Waals surface area contributed by atoms with Crippen LogP contribution in [-0.4, -0.2) is 22.9 Å². The number of benzene rings is 1. The molecular formula is C16H21N3. The largest absolute Gasteiger partial charge is 0.317 e. The van der Waals surface area contributed by atoms with Crippen molar-refractivity contribution in [3.05, 3.63) is 41.7 Å². The van der Waals surface area contributed by atoms with Crippen LogP contribution in [0, 0.1) is 13.8 Å². The number of aromatic nitrogens is 2. The fraction of sp³-hybridized carbons (Fsp3) is 0.438. The second-order valence-corrected chi connectivity index (χ2v) is 5.51. The minimum Gasteiger partial charge on any atom is -0.317 e. The summed E-state index contributed by atoms with van der Waals surface area (Å²) in [5, 5.41) is 7.97. The minimum atomic E-state index is 0.556. The molecule has 2 aromatic rings. The first-order chi connectivity index (χ1) is 9.24. The third-order valence-corrected chi connectivity index (χ3v) is 3.99. The van der Waals surface area contributed by atoms with Gasteiger partial charge in [-0.1, -0.05) is 23.8 Å². The van der Waals surface area contributed by atoms with Gasteiger partial charge in [0.15, 0.2) is 0 Å². The van der Waals surface area contributed by atoms with E-state index in [0.717, 1.165) is 13.1 Å². The fourth-order valence-corrected chi connectivity index (χ4v) is 2.79. The monoisotopic (exact) mass is 255 g/mol. The van der Waals surface area contributed by atoms with E-state index in [2.05, 4.69) is 53.3 Å². The van der Waals surface area contributed by atoms with Gasteiger partial charge in [0.2, 0.25) is 0 Å². The van der Waals surface area contributed by atoms with Crippen LogP contribution < -0.4 is 5.32 Å². The Bertz CT molecular complexity index is 565. The summed E-state index contributed by atoms with van der Waals surface area (Å²) < 4.78 is 2.15. The summed E-state index contributed by atoms with van der Waals surface area (Å²) in [6, 6.07) is 7.15. The molecular weight excluding hydrogens is 234 g/mol. The summed E-state index contributed by atoms with van der Waals surface area (Å²) in [6.45, 7) is 6.50. The maximum absolute atomic E-state index is 4.58. The average molecular weight is 255 g/mol. The molecule has 1 N–H and O–H groups in total. The highest BCUT2D eigenvalue weighted by Crippen LogP contribution is 2.26. The van der Waals surface area contributed by atoms with Crippen molar-refractivity contribution in [1.29, 1.82) is 0 Å². The van der Waals surface area contributed by atoms with Gasteiger partial charge in [-0.25, -0.2) is 0 Å². The lowest BCUT2D eigenvalue weighted by Gasteiger charge is -2.22. The lowest BCUT2D eigenvalue weighted by Crippen LogP contribution is -2.29. The Morgan fingerprint density at radius 3 is 2.79 bits per heavy atom. The molecule has 0 atom stereocenters. The smallest absolute Gasteiger partial charge is 0.0568 e. The van der Waals surface area contributed by atoms with Crippen molar-refractivity contribution >= 4 is 0 Å². The number of piperidine rings is 1. The van der Waals surface area contributed by atoms with Crippen LogP contribution in [0.4, 0.5) is 0 Å². The highest BCUT2D eigenvalue weighted by atomic mass is 15.3. The Morgan fingerprint density at radius 1 is 1.21 bits per heavy atom. The highest BCUT2D eigenvalue weighted by molar-refractivity contribution is 5.66. The third kappa shape index (κ3) is 2.56. The van der Waals surface area contributed by atoms with Crippen molar-refractivity contribution in [3.8, 4) is 11.1 Å². The van der Waals surface area contributed by atoms with Gasteiger partial charge in [-0.15, -0.1) is 0 Å². The molecule has 3 nitrogen and oxygen atoms in total. The second kappa shape index (κ2) is 5.17. The molecule has 0 amide bonds. The van der Waals surface area contributed by atoms with Crippen molar-refractivity contribution in [3.63, 3.8) is 0 Å². The van der Waals surface area contributed by atoms with Gasteiger partial charge in [0.25, 0.3) is 0 Å². The molecule has 100 valence electrons. The number of hydrogen-bond acceptors (Lipinski definition) is 2. The molecule has 0 spiro atoms. The van der Waals surface area contributed by atoms with Gasteiger partial charge in [-0.05, 0) is 50.9 Å². The average Bonchev–Trinajstić information content (AvgIpc) is 2.92. The predicted molar refractivity (Wildman–Crippen MR) is 78.3 cm³/mol. The first kappa shape index (κ1) is 12.4. The summed E-state index contributed by atoms with van der Waals surface area (Å²) in [5.74, 6) is 0. The molecule has 1 aliphatic rings. The van der Waals surface area contributed by atoms with Crippen LogP contribution in [-0.2, 0) is 0 Å². The van der Waals surface area contributed by atoms with Crippen LogP contribution in [0.3, 0.4) is 0 Å². The number of nitrogens with one attached hydrogen (secondary N) is 1. The number of nitrogens with zero attached hydrogens (tertiary/aromatic N) is 2. The van der Waals surface area contributed by atoms with E-state index in [0.29, 0.717) is 6.04 Å². The number of rotatable bonds is 2. The van der Waals surface area contributed by atoms with Crippen LogP contribution in [0.2, 0.25) is 0 Å². The standard InChI is InChI=1S/C16H21N3/c1-12-3-4-13(2)16(9-12)14-10-18-19(11-14)15-5-7-17-8-6-15/h3-4,9-11,15,17H,5-8H2,1-2H3. The Morgan fingerprint density at radius 2 is 2.00 bits per heavy atom. The van der Waals surface area contributed by atoms with Crippen molar-refractivity contribution in [2.75, 3.05) is 13.1 Å². The van der Waals surface area contributed by atoms with Crippen molar-refractivity contribution in [2.45, 2.75) is 32.7 Å². The first-order valence-electron chi connectivity index (χ1n) is 7.06. The zero-order chi connectivity index (χ0) is 13.2. The summed E-state index contributed by atoms with van der Waals surface area (Å²) in [5.41, 5.74) is 5.16. The molecule has 19 heavy (non-hydrogen) atoms. The molecule has 3 rings (SSSR count). The van der Waals surface area contributed by atoms with E-state index in [1.165, 1.54) is 35.1 Å². The van der Waals surface area contributed by atoms with Gasteiger partial charge in [0.1, 0.15) is 0 Å². The zero-order valence-corrected chi connectivity index (χ0v) is 11.7. The van der Waals surface area contributed by atoms with Crippen LogP contribution in [0.15, 0.2) is 30.6 Å². The second-order valence-electron chi connectivity index (χ2n) is 5.51. The topological polar surface area (TPSA) is 29.9 Å². The van der Waals surface area contributed by atoms with Crippen LogP contribution in [0.5, 0.6) is 0 Å². The van der Waals surface area contributed by atoms with Crippen molar-refractivity contribution < 1.29 is 0 Å². The molecule has 0 saturated carbocycles. The Hall–Kier alpha value is -1.61. The molecule has 1 aliphatic heterocycles. The fourth-order valence-electron chi connectivity index (χ4n) is 2.79. The van der Waals surface area contributed by atoms with Gasteiger partial charge >= 0.3 is 0 Å². The van der Waals surface area contributed by atoms with Gasteiger partial charge in [-0.2, -0.15) is 5.10 Å². The van der Waals surface area contributed by atoms with Crippen molar-refractivity contribution in [2.24, 2.45) is 0 Å². The lowest BCUT2D eigenvalue weighted by molar-refractivity contribution is 0.343. The van der Waals surface area contributed by atoms with E-state index in [4.69, 9.17) is 0 Å². The lowest BCUT2D eigenvalue weighted by atomic mass is 10.0. The molecule has 1 saturated heterocycles. The number of hydrogen-bond donors (Lipinski definition) is 1. The summed E-state index contributed by atoms with van der Waals surface area (Å²) >= 11 is 0. The van der Waals surface area contributed by atoms with E-state index in [9.17, 15) is 0 Å². The maximum atomic E-state index is 4.58. The SMILES string of the molecule is Cc1ccc(C)c(-c2cnn(C3CCNCC3)c2)c1. The zero-order valence-electron chi connectivity index (χ0n) is 11.7. The van der Waals surface area contributed by atoms with Crippen LogP contribution in [0.1, 0.15) is 30.0 Å². The van der Waals surface area contributed by atoms with E-state index < -0.39 is 0 Å². The molecule has 0 unspecified atom stereocenters. The summed E-state index contributed by atoms with van der Waals surface area (Å²) in [4.78, 5) is 0. The molecule has 3 heteroatoms. The molecule has 1 aromatic heterocycles. The number of aryl methyl sites for hydroxylation is 2. The quantitative estimate of drug-likeness (QED) is 0.893. The Kier molecular flexibility index (Phi) is 3.38. The van der Waals surface area contributed by atoms with Gasteiger partial charge in [-0.3, -0.25) is 4.68 Å². The van der Waals surface area contributed by atoms with E-state index >= 15 is 0 Å². The summed E-state index contributed by atoms with van der Waals surface area (Å²) in [7, 11) is 0. The van der Waals surface area contributed by atoms with E-state index in [-0.39, 0.29) is 0 Å². The highest BCUT2D eigenvalue weighted by Gasteiger charge is 2.16. The van der Waals surface area contributed by atoms with Crippen LogP contribution in [0.25, 0.3) is 11.1 Å². The Balaban J connectivity index is 1.89. The Labute approximate surface area is 114 Å². The molecule has 1 fully saturated rings. The molecule has 0 aliphatic carbocycles. The third-order valence-electron chi connectivity index (χ3n) is 3.99. The maximum Gasteiger partial charge on any atom is 0.0568 e. The molecule has 0 bridgehead atoms. The van der Waals surface area contributed by atoms with Crippen LogP contribution >= 0.6 is 0 Å². The molecule has 1 aromatic carbocycles. The summed E-state index contributed by atoms with van der Waals surface area (Å²) in [6.07, 6.45) is 6.56. The minimum absolute atomic E-state index is 0.556. The van der Waals surface area contributed by atoms with Gasteiger partial charge in [0, 0.05) is 11.8 Å². The normalized spacial score (nSPS) is 16.7. The van der Waals surface area contributed by atoms with Gasteiger partial charge < -0.3 is 5.32 Å². The molecule has 2 heterocycles. The van der Waals surface area contributed by atoms with Crippen molar-refractivity contribution in [1.82, 2.24) is 15.1 Å². The van der Waals surface area contributed by atoms with Gasteiger partial charge in [0.05, 0.1) is 12.2 Å². The molecule has 0 radical (unpaired) electrons. The predicted octanol–water partition coefficient (Wildman–Crippen LogP) is 3.09.